The third kappa shape index (κ3) is 0.417. The Bertz CT molecular complexity index is 300. The molecule has 0 heterocycles. The summed E-state index contributed by atoms with van der Waals surface area (Å²) in [5.41, 5.74) is 0.356. The number of rotatable bonds is 0. The van der Waals surface area contributed by atoms with E-state index >= 15 is 0 Å². The molecule has 0 aromatic rings. The first-order valence-corrected chi connectivity index (χ1v) is 5.48. The fraction of sp³-hybridized carbons (Fsp3) is 0.900. The Morgan fingerprint density at radius 1 is 1.50 bits per heavy atom. The number of ketones is 1. The summed E-state index contributed by atoms with van der Waals surface area (Å²) in [4.78, 5) is 12.0. The molecular weight excluding hydrogens is 216 g/mol. The second-order valence-corrected chi connectivity index (χ2v) is 6.62. The highest BCUT2D eigenvalue weighted by Gasteiger charge is 2.82. The first kappa shape index (κ1) is 7.54. The standard InChI is InChI=1S/C10H13BrO/c1-8-4-3-6-9(8,2)5-10(6,11)7(8)12/h6H,3-5H2,1-2H3/t6-,8+,9-,10+/m0/s1. The molecule has 0 saturated heterocycles. The number of alkyl halides is 1. The summed E-state index contributed by atoms with van der Waals surface area (Å²) < 4.78 is -0.0885. The lowest BCUT2D eigenvalue weighted by Crippen LogP contribution is -2.49. The maximum atomic E-state index is 12.0. The van der Waals surface area contributed by atoms with Gasteiger partial charge in [-0.25, -0.2) is 0 Å². The molecule has 0 aromatic heterocycles. The third-order valence-corrected chi connectivity index (χ3v) is 6.21. The van der Waals surface area contributed by atoms with Gasteiger partial charge < -0.3 is 0 Å². The van der Waals surface area contributed by atoms with Crippen LogP contribution in [0.2, 0.25) is 0 Å². The molecule has 0 unspecified atom stereocenters. The van der Waals surface area contributed by atoms with E-state index in [1.807, 2.05) is 0 Å². The summed E-state index contributed by atoms with van der Waals surface area (Å²) in [7, 11) is 0. The molecule has 4 rings (SSSR count). The summed E-state index contributed by atoms with van der Waals surface area (Å²) in [5, 5.41) is 0. The van der Waals surface area contributed by atoms with E-state index in [9.17, 15) is 4.79 Å². The fourth-order valence-corrected chi connectivity index (χ4v) is 5.82. The van der Waals surface area contributed by atoms with Crippen LogP contribution in [0.5, 0.6) is 0 Å². The highest BCUT2D eigenvalue weighted by atomic mass is 79.9. The minimum atomic E-state index is -0.0885. The Morgan fingerprint density at radius 2 is 2.17 bits per heavy atom. The van der Waals surface area contributed by atoms with Gasteiger partial charge >= 0.3 is 0 Å². The number of halogens is 1. The van der Waals surface area contributed by atoms with Crippen molar-refractivity contribution in [2.24, 2.45) is 16.7 Å². The summed E-state index contributed by atoms with van der Waals surface area (Å²) in [5.74, 6) is 1.14. The molecule has 4 saturated carbocycles. The highest BCUT2D eigenvalue weighted by molar-refractivity contribution is 9.10. The molecule has 4 fully saturated rings. The van der Waals surface area contributed by atoms with Gasteiger partial charge in [0.05, 0.1) is 4.32 Å². The summed E-state index contributed by atoms with van der Waals surface area (Å²) >= 11 is 3.65. The minimum absolute atomic E-state index is 0.0150. The topological polar surface area (TPSA) is 17.1 Å². The Balaban J connectivity index is 2.24. The van der Waals surface area contributed by atoms with Crippen LogP contribution >= 0.6 is 15.9 Å². The molecule has 0 aromatic carbocycles. The van der Waals surface area contributed by atoms with E-state index in [1.165, 1.54) is 6.42 Å². The van der Waals surface area contributed by atoms with Gasteiger partial charge in [-0.15, -0.1) is 0 Å². The zero-order valence-electron chi connectivity index (χ0n) is 7.48. The molecule has 4 bridgehead atoms. The van der Waals surface area contributed by atoms with Crippen molar-refractivity contribution in [1.29, 1.82) is 0 Å². The van der Waals surface area contributed by atoms with Crippen LogP contribution in [0.3, 0.4) is 0 Å². The third-order valence-electron chi connectivity index (χ3n) is 5.02. The van der Waals surface area contributed by atoms with Crippen molar-refractivity contribution < 1.29 is 4.79 Å². The Kier molecular flexibility index (Phi) is 0.980. The quantitative estimate of drug-likeness (QED) is 0.583. The Morgan fingerprint density at radius 3 is 2.50 bits per heavy atom. The maximum absolute atomic E-state index is 12.0. The van der Waals surface area contributed by atoms with Gasteiger partial charge in [0.2, 0.25) is 0 Å². The lowest BCUT2D eigenvalue weighted by molar-refractivity contribution is -0.126. The summed E-state index contributed by atoms with van der Waals surface area (Å²) in [6.07, 6.45) is 3.46. The molecule has 0 aliphatic heterocycles. The average molecular weight is 229 g/mol. The summed E-state index contributed by atoms with van der Waals surface area (Å²) in [6.45, 7) is 4.47. The molecule has 4 atom stereocenters. The predicted molar refractivity (Wildman–Crippen MR) is 50.2 cm³/mol. The van der Waals surface area contributed by atoms with Crippen molar-refractivity contribution >= 4 is 21.7 Å². The first-order valence-electron chi connectivity index (χ1n) is 4.69. The van der Waals surface area contributed by atoms with Gasteiger partial charge in [-0.1, -0.05) is 29.8 Å². The zero-order valence-corrected chi connectivity index (χ0v) is 9.07. The predicted octanol–water partition coefficient (Wildman–Crippen LogP) is 2.53. The summed E-state index contributed by atoms with van der Waals surface area (Å²) in [6, 6.07) is 0. The van der Waals surface area contributed by atoms with Crippen LogP contribution in [-0.2, 0) is 4.79 Å². The molecule has 4 aliphatic carbocycles. The smallest absolute Gasteiger partial charge is 0.156 e. The molecule has 4 aliphatic rings. The number of hydrogen-bond acceptors (Lipinski definition) is 1. The van der Waals surface area contributed by atoms with E-state index in [2.05, 4.69) is 29.8 Å². The molecule has 66 valence electrons. The van der Waals surface area contributed by atoms with Crippen molar-refractivity contribution in [3.05, 3.63) is 0 Å². The van der Waals surface area contributed by atoms with E-state index in [1.54, 1.807) is 0 Å². The van der Waals surface area contributed by atoms with Gasteiger partial charge in [0.15, 0.2) is 5.78 Å². The normalized spacial score (nSPS) is 66.9. The van der Waals surface area contributed by atoms with Gasteiger partial charge in [-0.05, 0) is 30.6 Å². The Hall–Kier alpha value is 0.150. The fourth-order valence-electron chi connectivity index (χ4n) is 4.07. The molecule has 0 spiro atoms. The van der Waals surface area contributed by atoms with E-state index in [0.717, 1.165) is 12.8 Å². The van der Waals surface area contributed by atoms with Gasteiger partial charge in [0.1, 0.15) is 0 Å². The van der Waals surface area contributed by atoms with Crippen LogP contribution in [0.25, 0.3) is 0 Å². The van der Waals surface area contributed by atoms with E-state index in [0.29, 0.717) is 17.1 Å². The molecule has 0 radical (unpaired) electrons. The first-order chi connectivity index (χ1) is 5.45. The van der Waals surface area contributed by atoms with E-state index < -0.39 is 0 Å². The maximum Gasteiger partial charge on any atom is 0.156 e. The lowest BCUT2D eigenvalue weighted by Gasteiger charge is -2.48. The van der Waals surface area contributed by atoms with Crippen LogP contribution in [0.4, 0.5) is 0 Å². The molecular formula is C10H13BrO. The van der Waals surface area contributed by atoms with Crippen molar-refractivity contribution in [1.82, 2.24) is 0 Å². The molecule has 1 nitrogen and oxygen atoms in total. The molecule has 0 amide bonds. The van der Waals surface area contributed by atoms with Crippen LogP contribution in [-0.4, -0.2) is 10.1 Å². The largest absolute Gasteiger partial charge is 0.297 e. The van der Waals surface area contributed by atoms with Gasteiger partial charge in [0.25, 0.3) is 0 Å². The number of hydrogen-bond donors (Lipinski definition) is 0. The minimum Gasteiger partial charge on any atom is -0.297 e. The van der Waals surface area contributed by atoms with E-state index in [-0.39, 0.29) is 9.74 Å². The van der Waals surface area contributed by atoms with Crippen LogP contribution < -0.4 is 0 Å². The van der Waals surface area contributed by atoms with Crippen molar-refractivity contribution in [3.63, 3.8) is 0 Å². The average Bonchev–Trinajstić information content (AvgIpc) is 2.30. The second kappa shape index (κ2) is 1.56. The molecule has 12 heavy (non-hydrogen) atoms. The van der Waals surface area contributed by atoms with Gasteiger partial charge in [0, 0.05) is 5.41 Å². The van der Waals surface area contributed by atoms with Crippen LogP contribution in [0.1, 0.15) is 33.1 Å². The monoisotopic (exact) mass is 228 g/mol. The van der Waals surface area contributed by atoms with E-state index in [4.69, 9.17) is 0 Å². The van der Waals surface area contributed by atoms with Gasteiger partial charge in [-0.2, -0.15) is 0 Å². The van der Waals surface area contributed by atoms with Crippen LogP contribution in [0, 0.1) is 16.7 Å². The Labute approximate surface area is 81.0 Å². The second-order valence-electron chi connectivity index (χ2n) is 5.21. The molecule has 0 N–H and O–H groups in total. The van der Waals surface area contributed by atoms with Crippen molar-refractivity contribution in [2.75, 3.05) is 0 Å². The van der Waals surface area contributed by atoms with Crippen molar-refractivity contribution in [3.8, 4) is 0 Å². The van der Waals surface area contributed by atoms with Gasteiger partial charge in [-0.3, -0.25) is 4.79 Å². The lowest BCUT2D eigenvalue weighted by atomic mass is 9.60. The molecule has 2 heteroatoms. The number of carbonyl (C=O) groups is 1. The zero-order chi connectivity index (χ0) is 8.78. The number of carbonyl (C=O) groups excluding carboxylic acids is 1. The van der Waals surface area contributed by atoms with Crippen LogP contribution in [0.15, 0.2) is 0 Å². The number of Topliss-reactive ketones (excluding diaryl/α,β-unsaturated/α-hetero) is 1. The van der Waals surface area contributed by atoms with Crippen molar-refractivity contribution in [2.45, 2.75) is 37.4 Å². The SMILES string of the molecule is C[C@@]12C[C@]3(Br)C(=O)[C@@]1(C)CC[C@@H]23. The highest BCUT2D eigenvalue weighted by Crippen LogP contribution is 2.81.